The number of carboxylic acid groups (broad SMARTS) is 1. The summed E-state index contributed by atoms with van der Waals surface area (Å²) in [6.45, 7) is 2.99. The van der Waals surface area contributed by atoms with Gasteiger partial charge >= 0.3 is 18.3 Å². The topological polar surface area (TPSA) is 59.0 Å². The molecule has 0 saturated carbocycles. The van der Waals surface area contributed by atoms with E-state index in [-0.39, 0.29) is 37.2 Å². The molecule has 0 aliphatic rings. The van der Waals surface area contributed by atoms with Gasteiger partial charge in [0.15, 0.2) is 5.60 Å². The average molecular weight is 556 g/mol. The number of carbonyl (C=O) groups is 1. The molecule has 0 atom stereocenters. The second-order valence-corrected chi connectivity index (χ2v) is 9.26. The molecule has 1 N–H and O–H groups in total. The van der Waals surface area contributed by atoms with Crippen LogP contribution in [-0.4, -0.2) is 29.8 Å². The van der Waals surface area contributed by atoms with Crippen LogP contribution in [0, 0.1) is 0 Å². The van der Waals surface area contributed by atoms with Crippen LogP contribution < -0.4 is 14.4 Å². The van der Waals surface area contributed by atoms with Gasteiger partial charge in [0.1, 0.15) is 11.5 Å². The minimum atomic E-state index is -4.98. The van der Waals surface area contributed by atoms with Gasteiger partial charge in [-0.05, 0) is 68.3 Å². The molecule has 11 heteroatoms. The zero-order valence-electron chi connectivity index (χ0n) is 21.1. The van der Waals surface area contributed by atoms with Crippen molar-refractivity contribution in [2.24, 2.45) is 0 Å². The Kier molecular flexibility index (Phi) is 9.03. The molecule has 39 heavy (non-hydrogen) atoms. The molecular weight excluding hydrogens is 528 g/mol. The van der Waals surface area contributed by atoms with Gasteiger partial charge in [-0.25, -0.2) is 4.79 Å². The van der Waals surface area contributed by atoms with Crippen molar-refractivity contribution in [3.05, 3.63) is 89.5 Å². The molecule has 5 nitrogen and oxygen atoms in total. The van der Waals surface area contributed by atoms with Crippen molar-refractivity contribution in [3.8, 4) is 11.5 Å². The molecule has 0 aliphatic heterocycles. The van der Waals surface area contributed by atoms with Crippen LogP contribution in [0.1, 0.15) is 37.0 Å². The zero-order valence-corrected chi connectivity index (χ0v) is 21.1. The van der Waals surface area contributed by atoms with Crippen LogP contribution in [0.25, 0.3) is 0 Å². The van der Waals surface area contributed by atoms with E-state index in [0.717, 1.165) is 0 Å². The van der Waals surface area contributed by atoms with E-state index in [0.29, 0.717) is 29.9 Å². The molecule has 3 aromatic carbocycles. The summed E-state index contributed by atoms with van der Waals surface area (Å²) in [7, 11) is 0. The summed E-state index contributed by atoms with van der Waals surface area (Å²) in [4.78, 5) is 12.7. The molecule has 0 bridgehead atoms. The number of hydrogen-bond acceptors (Lipinski definition) is 4. The molecule has 0 radical (unpaired) electrons. The highest BCUT2D eigenvalue weighted by Gasteiger charge is 2.37. The Bertz CT molecular complexity index is 1210. The van der Waals surface area contributed by atoms with Crippen molar-refractivity contribution >= 4 is 11.7 Å². The first kappa shape index (κ1) is 29.7. The highest BCUT2D eigenvalue weighted by molar-refractivity contribution is 5.76. The van der Waals surface area contributed by atoms with E-state index < -0.39 is 35.0 Å². The number of ether oxygens (including phenoxy) is 2. The number of halogens is 6. The quantitative estimate of drug-likeness (QED) is 0.197. The monoisotopic (exact) mass is 555 g/mol. The SMILES string of the molecule is CC(C)(Oc1ccc(CN(CCCOc2ccccc2)c2cc(C(F)(F)F)cc(C(F)(F)F)c2)cc1)C(=O)O. The van der Waals surface area contributed by atoms with E-state index >= 15 is 0 Å². The minimum absolute atomic E-state index is 0.0213. The van der Waals surface area contributed by atoms with E-state index in [1.807, 2.05) is 0 Å². The van der Waals surface area contributed by atoms with Gasteiger partial charge in [0.05, 0.1) is 17.7 Å². The summed E-state index contributed by atoms with van der Waals surface area (Å²) in [5.41, 5.74) is -4.00. The summed E-state index contributed by atoms with van der Waals surface area (Å²) >= 11 is 0. The summed E-state index contributed by atoms with van der Waals surface area (Å²) in [6.07, 6.45) is -9.65. The molecule has 0 saturated heterocycles. The van der Waals surface area contributed by atoms with Crippen LogP contribution in [-0.2, 0) is 23.7 Å². The number of aliphatic carboxylic acids is 1. The normalized spacial score (nSPS) is 12.2. The van der Waals surface area contributed by atoms with Crippen molar-refractivity contribution in [1.29, 1.82) is 0 Å². The maximum absolute atomic E-state index is 13.5. The van der Waals surface area contributed by atoms with Gasteiger partial charge in [-0.3, -0.25) is 0 Å². The van der Waals surface area contributed by atoms with Gasteiger partial charge in [-0.2, -0.15) is 26.3 Å². The molecule has 0 unspecified atom stereocenters. The maximum Gasteiger partial charge on any atom is 0.416 e. The summed E-state index contributed by atoms with van der Waals surface area (Å²) in [5.74, 6) is -0.352. The Morgan fingerprint density at radius 1 is 0.821 bits per heavy atom. The fourth-order valence-electron chi connectivity index (χ4n) is 3.60. The zero-order chi connectivity index (χ0) is 28.8. The molecule has 0 aliphatic carbocycles. The fourth-order valence-corrected chi connectivity index (χ4v) is 3.60. The van der Waals surface area contributed by atoms with Gasteiger partial charge in [-0.1, -0.05) is 30.3 Å². The van der Waals surface area contributed by atoms with Crippen molar-refractivity contribution in [2.45, 2.75) is 44.8 Å². The third-order valence-corrected chi connectivity index (χ3v) is 5.71. The fraction of sp³-hybridized carbons (Fsp3) is 0.321. The van der Waals surface area contributed by atoms with Crippen molar-refractivity contribution in [3.63, 3.8) is 0 Å². The molecule has 3 rings (SSSR count). The van der Waals surface area contributed by atoms with Crippen molar-refractivity contribution in [2.75, 3.05) is 18.1 Å². The van der Waals surface area contributed by atoms with Gasteiger partial charge in [-0.15, -0.1) is 0 Å². The van der Waals surface area contributed by atoms with Crippen LogP contribution >= 0.6 is 0 Å². The Morgan fingerprint density at radius 2 is 1.38 bits per heavy atom. The predicted octanol–water partition coefficient (Wildman–Crippen LogP) is 7.44. The van der Waals surface area contributed by atoms with E-state index in [9.17, 15) is 36.2 Å². The van der Waals surface area contributed by atoms with Crippen molar-refractivity contribution in [1.82, 2.24) is 0 Å². The molecule has 210 valence electrons. The number of hydrogen-bond donors (Lipinski definition) is 1. The number of benzene rings is 3. The first-order valence-electron chi connectivity index (χ1n) is 11.9. The number of alkyl halides is 6. The standard InChI is InChI=1S/C28H27F6NO4/c1-26(2,25(36)37)39-24-11-9-19(10-12-24)18-35(13-6-14-38-23-7-4-3-5-8-23)22-16-20(27(29,30)31)15-21(17-22)28(32,33)34/h3-5,7-12,15-17H,6,13-14,18H2,1-2H3,(H,36,37). The lowest BCUT2D eigenvalue weighted by molar-refractivity contribution is -0.152. The molecule has 0 aromatic heterocycles. The van der Waals surface area contributed by atoms with Gasteiger partial charge < -0.3 is 19.5 Å². The maximum atomic E-state index is 13.5. The number of para-hydroxylation sites is 1. The number of anilines is 1. The lowest BCUT2D eigenvalue weighted by Crippen LogP contribution is -2.37. The smallest absolute Gasteiger partial charge is 0.416 e. The number of nitrogens with zero attached hydrogens (tertiary/aromatic N) is 1. The first-order chi connectivity index (χ1) is 18.1. The Morgan fingerprint density at radius 3 is 1.90 bits per heavy atom. The van der Waals surface area contributed by atoms with Crippen LogP contribution in [0.5, 0.6) is 11.5 Å². The van der Waals surface area contributed by atoms with E-state index in [2.05, 4.69) is 0 Å². The van der Waals surface area contributed by atoms with E-state index in [1.165, 1.54) is 30.9 Å². The van der Waals surface area contributed by atoms with E-state index in [4.69, 9.17) is 9.47 Å². The third-order valence-electron chi connectivity index (χ3n) is 5.71. The van der Waals surface area contributed by atoms with Gasteiger partial charge in [0, 0.05) is 18.8 Å². The van der Waals surface area contributed by atoms with Crippen LogP contribution in [0.2, 0.25) is 0 Å². The van der Waals surface area contributed by atoms with Crippen LogP contribution in [0.3, 0.4) is 0 Å². The highest BCUT2D eigenvalue weighted by atomic mass is 19.4. The lowest BCUT2D eigenvalue weighted by atomic mass is 10.1. The summed E-state index contributed by atoms with van der Waals surface area (Å²) in [6, 6.07) is 16.4. The Labute approximate surface area is 221 Å². The third kappa shape index (κ3) is 8.56. The van der Waals surface area contributed by atoms with Gasteiger partial charge in [0.25, 0.3) is 0 Å². The first-order valence-corrected chi connectivity index (χ1v) is 11.9. The Hall–Kier alpha value is -3.89. The largest absolute Gasteiger partial charge is 0.494 e. The summed E-state index contributed by atoms with van der Waals surface area (Å²) in [5, 5.41) is 9.23. The van der Waals surface area contributed by atoms with Gasteiger partial charge in [0.2, 0.25) is 0 Å². The number of carboxylic acids is 1. The second-order valence-electron chi connectivity index (χ2n) is 9.26. The molecule has 0 spiro atoms. The molecule has 3 aromatic rings. The van der Waals surface area contributed by atoms with E-state index in [1.54, 1.807) is 42.5 Å². The molecule has 0 amide bonds. The second kappa shape index (κ2) is 11.9. The molecule has 0 fully saturated rings. The summed E-state index contributed by atoms with van der Waals surface area (Å²) < 4.78 is 92.1. The van der Waals surface area contributed by atoms with Crippen LogP contribution in [0.15, 0.2) is 72.8 Å². The lowest BCUT2D eigenvalue weighted by Gasteiger charge is -2.27. The number of rotatable bonds is 11. The van der Waals surface area contributed by atoms with Crippen molar-refractivity contribution < 1.29 is 45.7 Å². The average Bonchev–Trinajstić information content (AvgIpc) is 2.86. The highest BCUT2D eigenvalue weighted by Crippen LogP contribution is 2.39. The molecule has 0 heterocycles. The predicted molar refractivity (Wildman–Crippen MR) is 133 cm³/mol. The molecular formula is C28H27F6NO4. The minimum Gasteiger partial charge on any atom is -0.494 e. The van der Waals surface area contributed by atoms with Crippen LogP contribution in [0.4, 0.5) is 32.0 Å². The Balaban J connectivity index is 1.87.